The van der Waals surface area contributed by atoms with Gasteiger partial charge >= 0.3 is 6.09 Å². The number of amides is 1. The van der Waals surface area contributed by atoms with Crippen LogP contribution in [0.1, 0.15) is 5.56 Å². The highest BCUT2D eigenvalue weighted by Gasteiger charge is 2.05. The number of nitrogens with two attached hydrogens (primary N) is 1. The number of carbonyl (C=O) groups is 1. The molecule has 88 valence electrons. The molecule has 1 atom stereocenters. The number of aliphatic hydroxyl groups excluding tert-OH is 1. The molecule has 0 radical (unpaired) electrons. The molecule has 0 aliphatic heterocycles. The molecule has 16 heavy (non-hydrogen) atoms. The molecule has 0 fully saturated rings. The van der Waals surface area contributed by atoms with Crippen molar-refractivity contribution in [3.63, 3.8) is 0 Å². The van der Waals surface area contributed by atoms with Gasteiger partial charge in [0, 0.05) is 12.6 Å². The number of carbonyl (C=O) groups excluding carboxylic acids is 1. The van der Waals surface area contributed by atoms with Gasteiger partial charge in [0.05, 0.1) is 6.61 Å². The fourth-order valence-corrected chi connectivity index (χ4v) is 1.05. The van der Waals surface area contributed by atoms with Gasteiger partial charge in [-0.2, -0.15) is 0 Å². The van der Waals surface area contributed by atoms with Crippen LogP contribution in [0.15, 0.2) is 30.3 Å². The fourth-order valence-electron chi connectivity index (χ4n) is 1.05. The summed E-state index contributed by atoms with van der Waals surface area (Å²) >= 11 is 0. The number of alkyl carbamates (subject to hydrolysis) is 1. The van der Waals surface area contributed by atoms with Gasteiger partial charge in [-0.3, -0.25) is 0 Å². The summed E-state index contributed by atoms with van der Waals surface area (Å²) in [5, 5.41) is 11.1. The Morgan fingerprint density at radius 3 is 2.75 bits per heavy atom. The molecule has 0 bridgehead atoms. The van der Waals surface area contributed by atoms with Gasteiger partial charge < -0.3 is 20.9 Å². The van der Waals surface area contributed by atoms with Gasteiger partial charge in [-0.25, -0.2) is 4.79 Å². The van der Waals surface area contributed by atoms with E-state index in [1.807, 2.05) is 30.3 Å². The molecule has 0 aromatic heterocycles. The Morgan fingerprint density at radius 1 is 1.44 bits per heavy atom. The minimum Gasteiger partial charge on any atom is -0.445 e. The van der Waals surface area contributed by atoms with Gasteiger partial charge in [0.15, 0.2) is 0 Å². The van der Waals surface area contributed by atoms with Gasteiger partial charge in [0.2, 0.25) is 0 Å². The van der Waals surface area contributed by atoms with E-state index in [0.29, 0.717) is 0 Å². The monoisotopic (exact) mass is 224 g/mol. The molecule has 5 heteroatoms. The van der Waals surface area contributed by atoms with Crippen molar-refractivity contribution in [2.75, 3.05) is 13.2 Å². The molecule has 1 aromatic carbocycles. The highest BCUT2D eigenvalue weighted by Crippen LogP contribution is 2.00. The smallest absolute Gasteiger partial charge is 0.407 e. The Labute approximate surface area is 94.2 Å². The summed E-state index contributed by atoms with van der Waals surface area (Å²) in [5.74, 6) is 0. The van der Waals surface area contributed by atoms with Gasteiger partial charge in [-0.1, -0.05) is 30.3 Å². The second kappa shape index (κ2) is 6.81. The van der Waals surface area contributed by atoms with Crippen molar-refractivity contribution >= 4 is 6.09 Å². The maximum Gasteiger partial charge on any atom is 0.407 e. The first-order valence-corrected chi connectivity index (χ1v) is 5.03. The Morgan fingerprint density at radius 2 is 2.12 bits per heavy atom. The van der Waals surface area contributed by atoms with Crippen molar-refractivity contribution in [3.05, 3.63) is 35.9 Å². The van der Waals surface area contributed by atoms with Crippen molar-refractivity contribution in [1.29, 1.82) is 0 Å². The number of nitrogens with one attached hydrogen (secondary N) is 1. The van der Waals surface area contributed by atoms with Crippen molar-refractivity contribution in [3.8, 4) is 0 Å². The SMILES string of the molecule is N[C@H](CO)CNC(=O)OCc1ccccc1. The van der Waals surface area contributed by atoms with E-state index in [-0.39, 0.29) is 19.8 Å². The third kappa shape index (κ3) is 4.77. The van der Waals surface area contributed by atoms with Crippen LogP contribution in [-0.4, -0.2) is 30.4 Å². The Bertz CT molecular complexity index is 316. The second-order valence-electron chi connectivity index (χ2n) is 3.39. The first-order chi connectivity index (χ1) is 7.72. The van der Waals surface area contributed by atoms with E-state index in [1.54, 1.807) is 0 Å². The number of benzene rings is 1. The summed E-state index contributed by atoms with van der Waals surface area (Å²) < 4.78 is 4.94. The molecular formula is C11H16N2O3. The van der Waals surface area contributed by atoms with Crippen LogP contribution in [-0.2, 0) is 11.3 Å². The van der Waals surface area contributed by atoms with E-state index in [9.17, 15) is 4.79 Å². The van der Waals surface area contributed by atoms with E-state index in [1.165, 1.54) is 0 Å². The van der Waals surface area contributed by atoms with Crippen molar-refractivity contribution in [2.24, 2.45) is 5.73 Å². The lowest BCUT2D eigenvalue weighted by molar-refractivity contribution is 0.138. The lowest BCUT2D eigenvalue weighted by Gasteiger charge is -2.10. The predicted octanol–water partition coefficient (Wildman–Crippen LogP) is 0.232. The van der Waals surface area contributed by atoms with Crippen LogP contribution in [0, 0.1) is 0 Å². The molecule has 0 aliphatic rings. The summed E-state index contributed by atoms with van der Waals surface area (Å²) in [6.45, 7) is 0.254. The molecule has 0 heterocycles. The third-order valence-electron chi connectivity index (χ3n) is 1.96. The zero-order valence-electron chi connectivity index (χ0n) is 8.93. The first-order valence-electron chi connectivity index (χ1n) is 5.03. The van der Waals surface area contributed by atoms with Crippen LogP contribution < -0.4 is 11.1 Å². The van der Waals surface area contributed by atoms with Gasteiger partial charge in [-0.05, 0) is 5.56 Å². The van der Waals surface area contributed by atoms with Crippen LogP contribution >= 0.6 is 0 Å². The quantitative estimate of drug-likeness (QED) is 0.668. The number of hydrogen-bond acceptors (Lipinski definition) is 4. The summed E-state index contributed by atoms with van der Waals surface area (Å²) in [7, 11) is 0. The Balaban J connectivity index is 2.20. The fraction of sp³-hybridized carbons (Fsp3) is 0.364. The minimum atomic E-state index is -0.534. The maximum atomic E-state index is 11.2. The molecular weight excluding hydrogens is 208 g/mol. The number of rotatable bonds is 5. The highest BCUT2D eigenvalue weighted by molar-refractivity contribution is 5.67. The van der Waals surface area contributed by atoms with E-state index in [0.717, 1.165) is 5.56 Å². The van der Waals surface area contributed by atoms with Crippen molar-refractivity contribution < 1.29 is 14.6 Å². The van der Waals surface area contributed by atoms with E-state index in [4.69, 9.17) is 15.6 Å². The predicted molar refractivity (Wildman–Crippen MR) is 59.7 cm³/mol. The van der Waals surface area contributed by atoms with E-state index >= 15 is 0 Å². The van der Waals surface area contributed by atoms with Crippen LogP contribution in [0.25, 0.3) is 0 Å². The number of ether oxygens (including phenoxy) is 1. The van der Waals surface area contributed by atoms with Crippen molar-refractivity contribution in [2.45, 2.75) is 12.6 Å². The largest absolute Gasteiger partial charge is 0.445 e. The minimum absolute atomic E-state index is 0.168. The zero-order chi connectivity index (χ0) is 11.8. The van der Waals surface area contributed by atoms with Gasteiger partial charge in [-0.15, -0.1) is 0 Å². The lowest BCUT2D eigenvalue weighted by Crippen LogP contribution is -2.39. The van der Waals surface area contributed by atoms with Crippen LogP contribution in [0.4, 0.5) is 4.79 Å². The van der Waals surface area contributed by atoms with E-state index in [2.05, 4.69) is 5.32 Å². The molecule has 1 rings (SSSR count). The molecule has 4 N–H and O–H groups in total. The summed E-state index contributed by atoms with van der Waals surface area (Å²) in [6.07, 6.45) is -0.534. The average molecular weight is 224 g/mol. The topological polar surface area (TPSA) is 84.6 Å². The molecule has 5 nitrogen and oxygen atoms in total. The Kier molecular flexibility index (Phi) is 5.31. The third-order valence-corrected chi connectivity index (χ3v) is 1.96. The van der Waals surface area contributed by atoms with Crippen LogP contribution in [0.3, 0.4) is 0 Å². The van der Waals surface area contributed by atoms with Gasteiger partial charge in [0.1, 0.15) is 6.61 Å². The second-order valence-corrected chi connectivity index (χ2v) is 3.39. The van der Waals surface area contributed by atoms with Crippen LogP contribution in [0.2, 0.25) is 0 Å². The number of hydrogen-bond donors (Lipinski definition) is 3. The molecule has 0 spiro atoms. The molecule has 1 aromatic rings. The standard InChI is InChI=1S/C11H16N2O3/c12-10(7-14)6-13-11(15)16-8-9-4-2-1-3-5-9/h1-5,10,14H,6-8,12H2,(H,13,15)/t10-/m0/s1. The molecule has 0 saturated carbocycles. The first kappa shape index (κ1) is 12.5. The Hall–Kier alpha value is -1.59. The maximum absolute atomic E-state index is 11.2. The molecule has 0 aliphatic carbocycles. The molecule has 0 saturated heterocycles. The highest BCUT2D eigenvalue weighted by atomic mass is 16.5. The summed E-state index contributed by atoms with van der Waals surface area (Å²) in [6, 6.07) is 8.92. The molecule has 0 unspecified atom stereocenters. The summed E-state index contributed by atoms with van der Waals surface area (Å²) in [5.41, 5.74) is 6.33. The number of aliphatic hydroxyl groups is 1. The average Bonchev–Trinajstić information content (AvgIpc) is 2.34. The van der Waals surface area contributed by atoms with Crippen molar-refractivity contribution in [1.82, 2.24) is 5.32 Å². The normalized spacial score (nSPS) is 11.9. The van der Waals surface area contributed by atoms with E-state index < -0.39 is 12.1 Å². The summed E-state index contributed by atoms with van der Waals surface area (Å²) in [4.78, 5) is 11.2. The van der Waals surface area contributed by atoms with Crippen LogP contribution in [0.5, 0.6) is 0 Å². The zero-order valence-corrected chi connectivity index (χ0v) is 8.93. The van der Waals surface area contributed by atoms with Gasteiger partial charge in [0.25, 0.3) is 0 Å². The lowest BCUT2D eigenvalue weighted by atomic mass is 10.2. The molecule has 1 amide bonds.